The first kappa shape index (κ1) is 18.4. The van der Waals surface area contributed by atoms with E-state index < -0.39 is 4.92 Å². The maximum Gasteiger partial charge on any atom is 0.274 e. The third kappa shape index (κ3) is 2.70. The fourth-order valence-electron chi connectivity index (χ4n) is 4.24. The summed E-state index contributed by atoms with van der Waals surface area (Å²) in [6.45, 7) is 0.390. The lowest BCUT2D eigenvalue weighted by Gasteiger charge is -2.17. The Labute approximate surface area is 175 Å². The van der Waals surface area contributed by atoms with Gasteiger partial charge in [-0.15, -0.1) is 11.6 Å². The summed E-state index contributed by atoms with van der Waals surface area (Å²) in [7, 11) is 0. The highest BCUT2D eigenvalue weighted by Gasteiger charge is 2.35. The van der Waals surface area contributed by atoms with Crippen molar-refractivity contribution >= 4 is 50.6 Å². The molecule has 30 heavy (non-hydrogen) atoms. The highest BCUT2D eigenvalue weighted by atomic mass is 35.5. The molecule has 7 nitrogen and oxygen atoms in total. The molecule has 1 atom stereocenters. The topological polar surface area (TPSA) is 99.5 Å². The highest BCUT2D eigenvalue weighted by molar-refractivity contribution is 6.19. The third-order valence-corrected chi connectivity index (χ3v) is 5.99. The molecule has 0 unspecified atom stereocenters. The van der Waals surface area contributed by atoms with Gasteiger partial charge in [0, 0.05) is 52.8 Å². The number of nitro groups is 1. The van der Waals surface area contributed by atoms with Crippen LogP contribution in [0.5, 0.6) is 5.75 Å². The summed E-state index contributed by atoms with van der Waals surface area (Å²) in [5.74, 6) is 0.0911. The van der Waals surface area contributed by atoms with Gasteiger partial charge in [0.05, 0.1) is 10.6 Å². The van der Waals surface area contributed by atoms with Crippen molar-refractivity contribution in [1.82, 2.24) is 4.98 Å². The van der Waals surface area contributed by atoms with Crippen molar-refractivity contribution in [3.63, 3.8) is 0 Å². The number of nitro benzene ring substituents is 1. The smallest absolute Gasteiger partial charge is 0.274 e. The van der Waals surface area contributed by atoms with Crippen LogP contribution in [0.4, 0.5) is 11.4 Å². The molecule has 0 spiro atoms. The van der Waals surface area contributed by atoms with Gasteiger partial charge in [0.15, 0.2) is 0 Å². The van der Waals surface area contributed by atoms with E-state index in [9.17, 15) is 20.0 Å². The number of aromatic hydroxyl groups is 1. The van der Waals surface area contributed by atoms with Crippen LogP contribution in [0.25, 0.3) is 21.7 Å². The van der Waals surface area contributed by atoms with Crippen molar-refractivity contribution in [2.24, 2.45) is 0 Å². The van der Waals surface area contributed by atoms with Crippen LogP contribution in [0.15, 0.2) is 54.6 Å². The first-order valence-electron chi connectivity index (χ1n) is 9.37. The number of amides is 1. The first-order chi connectivity index (χ1) is 14.5. The van der Waals surface area contributed by atoms with Crippen molar-refractivity contribution in [3.05, 3.63) is 76.0 Å². The Bertz CT molecular complexity index is 1350. The Kier molecular flexibility index (Phi) is 4.15. The minimum absolute atomic E-state index is 0.0365. The van der Waals surface area contributed by atoms with Crippen LogP contribution in [0.2, 0.25) is 0 Å². The Morgan fingerprint density at radius 1 is 1.20 bits per heavy atom. The zero-order valence-electron chi connectivity index (χ0n) is 15.6. The minimum atomic E-state index is -0.469. The molecule has 5 rings (SSSR count). The first-order valence-corrected chi connectivity index (χ1v) is 9.91. The molecule has 0 fully saturated rings. The number of phenolic OH excluding ortho intramolecular Hbond substituents is 1. The van der Waals surface area contributed by atoms with E-state index in [-0.39, 0.29) is 23.3 Å². The molecule has 0 aliphatic carbocycles. The molecule has 0 saturated heterocycles. The van der Waals surface area contributed by atoms with Gasteiger partial charge in [-0.05, 0) is 23.1 Å². The molecule has 3 aromatic carbocycles. The summed E-state index contributed by atoms with van der Waals surface area (Å²) in [6.07, 6.45) is 0. The summed E-state index contributed by atoms with van der Waals surface area (Å²) in [5.41, 5.74) is 2.49. The van der Waals surface area contributed by atoms with E-state index >= 15 is 0 Å². The van der Waals surface area contributed by atoms with Gasteiger partial charge in [0.25, 0.3) is 11.6 Å². The number of benzene rings is 3. The number of carbonyl (C=O) groups excluding carboxylic acids is 1. The second-order valence-electron chi connectivity index (χ2n) is 7.35. The van der Waals surface area contributed by atoms with Crippen molar-refractivity contribution in [1.29, 1.82) is 0 Å². The molecule has 4 aromatic rings. The van der Waals surface area contributed by atoms with Gasteiger partial charge in [-0.25, -0.2) is 0 Å². The van der Waals surface area contributed by atoms with Crippen LogP contribution in [0.3, 0.4) is 0 Å². The second-order valence-corrected chi connectivity index (χ2v) is 7.66. The van der Waals surface area contributed by atoms with Crippen LogP contribution >= 0.6 is 11.6 Å². The summed E-state index contributed by atoms with van der Waals surface area (Å²) < 4.78 is 0. The van der Waals surface area contributed by atoms with E-state index in [2.05, 4.69) is 4.98 Å². The number of nitrogens with zero attached hydrogens (tertiary/aromatic N) is 2. The van der Waals surface area contributed by atoms with E-state index in [0.717, 1.165) is 16.3 Å². The van der Waals surface area contributed by atoms with Crippen LogP contribution < -0.4 is 4.90 Å². The quantitative estimate of drug-likeness (QED) is 0.278. The molecular formula is C22H16ClN3O4. The predicted octanol–water partition coefficient (Wildman–Crippen LogP) is 4.92. The lowest BCUT2D eigenvalue weighted by molar-refractivity contribution is -0.384. The third-order valence-electron chi connectivity index (χ3n) is 5.62. The molecule has 1 aromatic heterocycles. The number of H-pyrrole nitrogens is 1. The number of alkyl halides is 1. The Hall–Kier alpha value is -3.58. The molecule has 0 bridgehead atoms. The lowest BCUT2D eigenvalue weighted by atomic mass is 9.95. The SMILES string of the molecule is O=C(c1cc2cc([N+](=O)[O-])ccc2[nH]1)N1C[C@@H](CCl)c2c1cc(O)c1ccccc21. The number of hydrogen-bond acceptors (Lipinski definition) is 4. The fourth-order valence-corrected chi connectivity index (χ4v) is 4.49. The standard InChI is InChI=1S/C22H16ClN3O4/c23-10-13-11-25(19-9-20(27)15-3-1-2-4-16(15)21(13)19)22(28)18-8-12-7-14(26(29)30)5-6-17(12)24-18/h1-9,13,24,27H,10-11H2/t13-/m1/s1. The van der Waals surface area contributed by atoms with Crippen LogP contribution in [-0.2, 0) is 0 Å². The van der Waals surface area contributed by atoms with E-state index in [1.807, 2.05) is 24.3 Å². The van der Waals surface area contributed by atoms with Gasteiger partial charge in [-0.2, -0.15) is 0 Å². The Balaban J connectivity index is 1.61. The number of aromatic nitrogens is 1. The second kappa shape index (κ2) is 6.74. The molecule has 2 heterocycles. The Morgan fingerprint density at radius 3 is 2.70 bits per heavy atom. The van der Waals surface area contributed by atoms with Crippen LogP contribution in [-0.4, -0.2) is 33.3 Å². The van der Waals surface area contributed by atoms with Crippen molar-refractivity contribution in [3.8, 4) is 5.75 Å². The lowest BCUT2D eigenvalue weighted by Crippen LogP contribution is -2.30. The zero-order chi connectivity index (χ0) is 21.0. The molecule has 1 aliphatic rings. The van der Waals surface area contributed by atoms with E-state index in [4.69, 9.17) is 11.6 Å². The van der Waals surface area contributed by atoms with Gasteiger partial charge in [-0.3, -0.25) is 14.9 Å². The van der Waals surface area contributed by atoms with Crippen LogP contribution in [0.1, 0.15) is 22.0 Å². The van der Waals surface area contributed by atoms with E-state index in [1.54, 1.807) is 23.1 Å². The Morgan fingerprint density at radius 2 is 1.97 bits per heavy atom. The molecule has 0 radical (unpaired) electrons. The number of anilines is 1. The van der Waals surface area contributed by atoms with Crippen molar-refractivity contribution < 1.29 is 14.8 Å². The van der Waals surface area contributed by atoms with Gasteiger partial charge in [0.1, 0.15) is 11.4 Å². The minimum Gasteiger partial charge on any atom is -0.507 e. The number of non-ortho nitro benzene ring substituents is 1. The van der Waals surface area contributed by atoms with Gasteiger partial charge >= 0.3 is 0 Å². The highest BCUT2D eigenvalue weighted by Crippen LogP contribution is 2.45. The summed E-state index contributed by atoms with van der Waals surface area (Å²) in [6, 6.07) is 15.1. The summed E-state index contributed by atoms with van der Waals surface area (Å²) in [4.78, 5) is 28.5. The number of fused-ring (bicyclic) bond motifs is 4. The number of phenols is 1. The molecular weight excluding hydrogens is 406 g/mol. The molecule has 8 heteroatoms. The number of rotatable bonds is 3. The summed E-state index contributed by atoms with van der Waals surface area (Å²) >= 11 is 6.23. The normalized spacial score (nSPS) is 15.6. The van der Waals surface area contributed by atoms with Gasteiger partial charge in [0.2, 0.25) is 0 Å². The maximum atomic E-state index is 13.3. The number of carbonyl (C=O) groups is 1. The van der Waals surface area contributed by atoms with E-state index in [1.165, 1.54) is 12.1 Å². The number of nitrogens with one attached hydrogen (secondary N) is 1. The van der Waals surface area contributed by atoms with E-state index in [0.29, 0.717) is 34.7 Å². The molecule has 2 N–H and O–H groups in total. The van der Waals surface area contributed by atoms with Crippen LogP contribution in [0, 0.1) is 10.1 Å². The average molecular weight is 422 g/mol. The maximum absolute atomic E-state index is 13.3. The monoisotopic (exact) mass is 421 g/mol. The molecule has 150 valence electrons. The fraction of sp³-hybridized carbons (Fsp3) is 0.136. The largest absolute Gasteiger partial charge is 0.507 e. The number of hydrogen-bond donors (Lipinski definition) is 2. The van der Waals surface area contributed by atoms with Crippen molar-refractivity contribution in [2.45, 2.75) is 5.92 Å². The average Bonchev–Trinajstić information content (AvgIpc) is 3.34. The molecule has 0 saturated carbocycles. The van der Waals surface area contributed by atoms with Crippen molar-refractivity contribution in [2.75, 3.05) is 17.3 Å². The summed E-state index contributed by atoms with van der Waals surface area (Å²) in [5, 5.41) is 23.7. The zero-order valence-corrected chi connectivity index (χ0v) is 16.4. The predicted molar refractivity (Wildman–Crippen MR) is 116 cm³/mol. The molecule has 1 amide bonds. The van der Waals surface area contributed by atoms with Gasteiger partial charge < -0.3 is 15.0 Å². The molecule has 1 aliphatic heterocycles. The number of aromatic amines is 1. The van der Waals surface area contributed by atoms with Gasteiger partial charge in [-0.1, -0.05) is 24.3 Å². The number of halogens is 1.